The molecular formula is C30H32N4O5. The number of unbranched alkanes of at least 4 members (excludes halogenated alkanes) is 1. The summed E-state index contributed by atoms with van der Waals surface area (Å²) in [5.41, 5.74) is 4.26. The van der Waals surface area contributed by atoms with Crippen LogP contribution in [0.1, 0.15) is 52.8 Å². The Bertz CT molecular complexity index is 1470. The lowest BCUT2D eigenvalue weighted by molar-refractivity contribution is -0.140. The van der Waals surface area contributed by atoms with Gasteiger partial charge in [0.2, 0.25) is 5.91 Å². The predicted molar refractivity (Wildman–Crippen MR) is 146 cm³/mol. The van der Waals surface area contributed by atoms with Crippen molar-refractivity contribution in [2.24, 2.45) is 5.92 Å². The maximum atomic E-state index is 12.9. The molecule has 0 aliphatic carbocycles. The van der Waals surface area contributed by atoms with E-state index in [1.165, 1.54) is 0 Å². The van der Waals surface area contributed by atoms with Crippen molar-refractivity contribution >= 4 is 28.6 Å². The van der Waals surface area contributed by atoms with Crippen LogP contribution >= 0.6 is 0 Å². The molecule has 1 atom stereocenters. The lowest BCUT2D eigenvalue weighted by Crippen LogP contribution is -2.41. The quantitative estimate of drug-likeness (QED) is 0.124. The van der Waals surface area contributed by atoms with Gasteiger partial charge in [-0.2, -0.15) is 0 Å². The summed E-state index contributed by atoms with van der Waals surface area (Å²) in [5.74, 6) is -2.49. The van der Waals surface area contributed by atoms with Crippen LogP contribution in [-0.4, -0.2) is 37.6 Å². The molecule has 0 spiro atoms. The Hall–Kier alpha value is -4.50. The molecule has 0 saturated carbocycles. The number of carbonyl (C=O) groups excluding carboxylic acids is 2. The van der Waals surface area contributed by atoms with Crippen molar-refractivity contribution in [1.29, 1.82) is 0 Å². The number of carbonyl (C=O) groups is 3. The van der Waals surface area contributed by atoms with Gasteiger partial charge in [0.25, 0.3) is 5.91 Å². The second-order valence-corrected chi connectivity index (χ2v) is 9.44. The molecule has 4 rings (SSSR count). The number of fused-ring (bicyclic) bond motifs is 1. The number of benzene rings is 3. The Morgan fingerprint density at radius 1 is 0.949 bits per heavy atom. The minimum Gasteiger partial charge on any atom is -0.478 e. The molecular weight excluding hydrogens is 496 g/mol. The number of amides is 2. The van der Waals surface area contributed by atoms with Gasteiger partial charge < -0.3 is 15.0 Å². The molecule has 0 aliphatic heterocycles. The number of carboxylic acids is 1. The van der Waals surface area contributed by atoms with E-state index in [1.54, 1.807) is 11.5 Å². The molecule has 4 aromatic rings. The van der Waals surface area contributed by atoms with Crippen LogP contribution < -0.4 is 10.8 Å². The van der Waals surface area contributed by atoms with E-state index in [2.05, 4.69) is 12.2 Å². The number of nitrogens with zero attached hydrogens (tertiary/aromatic N) is 2. The monoisotopic (exact) mass is 528 g/mol. The van der Waals surface area contributed by atoms with Gasteiger partial charge in [-0.25, -0.2) is 15.3 Å². The molecule has 202 valence electrons. The molecule has 0 saturated heterocycles. The number of hydrogen-bond acceptors (Lipinski definition) is 5. The number of aromatic carboxylic acids is 1. The standard InChI is InChI=1S/C30H32N4O5/c1-2-3-13-27-32-22(17-31-28(35)26(29(36)33-39)16-20-9-5-4-6-10-20)19-34(27)18-21-14-15-25(30(37)38)24-12-8-7-11-23(21)24/h4-12,14-15,19,26,39H,2-3,13,16-18H2,1H3,(H,31,35)(H,33,36)(H,37,38). The van der Waals surface area contributed by atoms with Crippen molar-refractivity contribution in [2.45, 2.75) is 45.7 Å². The number of hydrogen-bond donors (Lipinski definition) is 4. The van der Waals surface area contributed by atoms with Crippen LogP contribution in [0.5, 0.6) is 0 Å². The smallest absolute Gasteiger partial charge is 0.336 e. The molecule has 1 heterocycles. The summed E-state index contributed by atoms with van der Waals surface area (Å²) < 4.78 is 2.03. The summed E-state index contributed by atoms with van der Waals surface area (Å²) in [6.07, 6.45) is 4.71. The molecule has 0 radical (unpaired) electrons. The molecule has 4 N–H and O–H groups in total. The topological polar surface area (TPSA) is 134 Å². The van der Waals surface area contributed by atoms with Crippen molar-refractivity contribution in [3.63, 3.8) is 0 Å². The first-order valence-electron chi connectivity index (χ1n) is 13.0. The van der Waals surface area contributed by atoms with Crippen molar-refractivity contribution in [3.8, 4) is 0 Å². The number of nitrogens with one attached hydrogen (secondary N) is 2. The minimum absolute atomic E-state index is 0.119. The van der Waals surface area contributed by atoms with Gasteiger partial charge in [-0.05, 0) is 40.8 Å². The van der Waals surface area contributed by atoms with Gasteiger partial charge in [-0.1, -0.05) is 74.0 Å². The number of aryl methyl sites for hydroxylation is 1. The summed E-state index contributed by atoms with van der Waals surface area (Å²) in [5, 5.41) is 23.1. The maximum absolute atomic E-state index is 12.9. The Balaban J connectivity index is 1.55. The van der Waals surface area contributed by atoms with Gasteiger partial charge in [0, 0.05) is 19.2 Å². The van der Waals surface area contributed by atoms with Crippen molar-refractivity contribution in [2.75, 3.05) is 0 Å². The number of carboxylic acid groups (broad SMARTS) is 1. The fraction of sp³-hybridized carbons (Fsp3) is 0.267. The summed E-state index contributed by atoms with van der Waals surface area (Å²) >= 11 is 0. The molecule has 9 nitrogen and oxygen atoms in total. The van der Waals surface area contributed by atoms with E-state index in [9.17, 15) is 24.7 Å². The Kier molecular flexibility index (Phi) is 9.06. The predicted octanol–water partition coefficient (Wildman–Crippen LogP) is 4.11. The molecule has 39 heavy (non-hydrogen) atoms. The number of hydroxylamine groups is 1. The van der Waals surface area contributed by atoms with E-state index in [0.717, 1.165) is 41.6 Å². The van der Waals surface area contributed by atoms with Crippen LogP contribution in [0.4, 0.5) is 0 Å². The zero-order chi connectivity index (χ0) is 27.8. The van der Waals surface area contributed by atoms with E-state index < -0.39 is 23.7 Å². The highest BCUT2D eigenvalue weighted by atomic mass is 16.5. The first-order chi connectivity index (χ1) is 18.9. The highest BCUT2D eigenvalue weighted by Crippen LogP contribution is 2.24. The van der Waals surface area contributed by atoms with Crippen molar-refractivity contribution in [1.82, 2.24) is 20.3 Å². The normalized spacial score (nSPS) is 11.7. The van der Waals surface area contributed by atoms with Crippen molar-refractivity contribution in [3.05, 3.63) is 101 Å². The zero-order valence-electron chi connectivity index (χ0n) is 21.8. The summed E-state index contributed by atoms with van der Waals surface area (Å²) in [7, 11) is 0. The lowest BCUT2D eigenvalue weighted by Gasteiger charge is -2.14. The highest BCUT2D eigenvalue weighted by molar-refractivity contribution is 6.04. The fourth-order valence-corrected chi connectivity index (χ4v) is 4.67. The van der Waals surface area contributed by atoms with E-state index in [4.69, 9.17) is 4.98 Å². The Morgan fingerprint density at radius 3 is 2.36 bits per heavy atom. The number of imidazole rings is 1. The molecule has 3 aromatic carbocycles. The zero-order valence-corrected chi connectivity index (χ0v) is 21.8. The summed E-state index contributed by atoms with van der Waals surface area (Å²) in [4.78, 5) is 41.7. The first kappa shape index (κ1) is 27.5. The van der Waals surface area contributed by atoms with Crippen LogP contribution in [0.15, 0.2) is 72.9 Å². The van der Waals surface area contributed by atoms with E-state index in [-0.39, 0.29) is 18.5 Å². The third-order valence-electron chi connectivity index (χ3n) is 6.72. The summed E-state index contributed by atoms with van der Waals surface area (Å²) in [6.45, 7) is 2.71. The van der Waals surface area contributed by atoms with Gasteiger partial charge in [0.15, 0.2) is 0 Å². The van der Waals surface area contributed by atoms with Crippen LogP contribution in [-0.2, 0) is 35.5 Å². The Morgan fingerprint density at radius 2 is 1.67 bits per heavy atom. The van der Waals surface area contributed by atoms with E-state index >= 15 is 0 Å². The molecule has 1 aromatic heterocycles. The fourth-order valence-electron chi connectivity index (χ4n) is 4.67. The summed E-state index contributed by atoms with van der Waals surface area (Å²) in [6, 6.07) is 20.0. The average molecular weight is 529 g/mol. The van der Waals surface area contributed by atoms with Crippen LogP contribution in [0.3, 0.4) is 0 Å². The van der Waals surface area contributed by atoms with Gasteiger partial charge >= 0.3 is 5.97 Å². The lowest BCUT2D eigenvalue weighted by atomic mass is 9.98. The Labute approximate surface area is 226 Å². The van der Waals surface area contributed by atoms with Crippen LogP contribution in [0, 0.1) is 5.92 Å². The second-order valence-electron chi connectivity index (χ2n) is 9.44. The van der Waals surface area contributed by atoms with E-state index in [0.29, 0.717) is 17.6 Å². The molecule has 9 heteroatoms. The molecule has 0 bridgehead atoms. The maximum Gasteiger partial charge on any atom is 0.336 e. The SMILES string of the molecule is CCCCc1nc(CNC(=O)C(Cc2ccccc2)C(=O)NO)cn1Cc1ccc(C(=O)O)c2ccccc12. The number of aromatic nitrogens is 2. The van der Waals surface area contributed by atoms with Gasteiger partial charge in [0.1, 0.15) is 11.7 Å². The molecule has 0 aliphatic rings. The van der Waals surface area contributed by atoms with Gasteiger partial charge in [-0.3, -0.25) is 14.8 Å². The third-order valence-corrected chi connectivity index (χ3v) is 6.72. The molecule has 2 amide bonds. The number of rotatable bonds is 12. The van der Waals surface area contributed by atoms with Crippen molar-refractivity contribution < 1.29 is 24.7 Å². The van der Waals surface area contributed by atoms with Gasteiger partial charge in [-0.15, -0.1) is 0 Å². The second kappa shape index (κ2) is 12.8. The largest absolute Gasteiger partial charge is 0.478 e. The van der Waals surface area contributed by atoms with Crippen LogP contribution in [0.25, 0.3) is 10.8 Å². The van der Waals surface area contributed by atoms with E-state index in [1.807, 2.05) is 71.4 Å². The van der Waals surface area contributed by atoms with Gasteiger partial charge in [0.05, 0.1) is 17.8 Å². The first-order valence-corrected chi connectivity index (χ1v) is 13.0. The van der Waals surface area contributed by atoms with Crippen LogP contribution in [0.2, 0.25) is 0 Å². The minimum atomic E-state index is -1.10. The third kappa shape index (κ3) is 6.69. The average Bonchev–Trinajstić information content (AvgIpc) is 3.34. The highest BCUT2D eigenvalue weighted by Gasteiger charge is 2.27. The molecule has 1 unspecified atom stereocenters. The molecule has 0 fully saturated rings.